The van der Waals surface area contributed by atoms with Gasteiger partial charge in [-0.3, -0.25) is 0 Å². The summed E-state index contributed by atoms with van der Waals surface area (Å²) in [6, 6.07) is 16.2. The van der Waals surface area contributed by atoms with E-state index in [-0.39, 0.29) is 0 Å². The summed E-state index contributed by atoms with van der Waals surface area (Å²) in [5, 5.41) is 3.40. The zero-order valence-corrected chi connectivity index (χ0v) is 10.9. The summed E-state index contributed by atoms with van der Waals surface area (Å²) in [6.07, 6.45) is 0. The maximum absolute atomic E-state index is 5.66. The Morgan fingerprint density at radius 3 is 2.33 bits per heavy atom. The monoisotopic (exact) mass is 241 g/mol. The molecule has 0 heterocycles. The van der Waals surface area contributed by atoms with Crippen molar-refractivity contribution in [3.8, 4) is 0 Å². The van der Waals surface area contributed by atoms with Crippen LogP contribution in [-0.4, -0.2) is 14.1 Å². The van der Waals surface area contributed by atoms with Gasteiger partial charge in [0.1, 0.15) is 0 Å². The van der Waals surface area contributed by atoms with Gasteiger partial charge < -0.3 is 16.0 Å². The van der Waals surface area contributed by atoms with Gasteiger partial charge in [0.15, 0.2) is 0 Å². The standard InChI is InChI=1S/C15H19N3/c1-18(2)15-6-4-3-5-12(15)11-17-14-9-7-13(16)8-10-14/h3-10,17H,11,16H2,1-2H3. The van der Waals surface area contributed by atoms with E-state index in [2.05, 4.69) is 48.6 Å². The van der Waals surface area contributed by atoms with Crippen molar-refractivity contribution in [1.29, 1.82) is 0 Å². The Bertz CT molecular complexity index is 503. The minimum atomic E-state index is 0.786. The highest BCUT2D eigenvalue weighted by Crippen LogP contribution is 2.19. The molecular formula is C15H19N3. The number of nitrogens with zero attached hydrogens (tertiary/aromatic N) is 1. The molecule has 2 rings (SSSR count). The van der Waals surface area contributed by atoms with Gasteiger partial charge in [-0.15, -0.1) is 0 Å². The van der Waals surface area contributed by atoms with E-state index in [0.29, 0.717) is 0 Å². The number of nitrogens with one attached hydrogen (secondary N) is 1. The van der Waals surface area contributed by atoms with Crippen LogP contribution < -0.4 is 16.0 Å². The van der Waals surface area contributed by atoms with Gasteiger partial charge in [0.25, 0.3) is 0 Å². The SMILES string of the molecule is CN(C)c1ccccc1CNc1ccc(N)cc1. The average molecular weight is 241 g/mol. The molecule has 3 nitrogen and oxygen atoms in total. The Hall–Kier alpha value is -2.16. The second-order valence-electron chi connectivity index (χ2n) is 4.50. The zero-order valence-electron chi connectivity index (χ0n) is 10.9. The van der Waals surface area contributed by atoms with Gasteiger partial charge in [-0.2, -0.15) is 0 Å². The first-order valence-electron chi connectivity index (χ1n) is 6.01. The molecule has 18 heavy (non-hydrogen) atoms. The number of nitrogens with two attached hydrogens (primary N) is 1. The molecule has 0 spiro atoms. The summed E-state index contributed by atoms with van der Waals surface area (Å²) in [7, 11) is 4.12. The molecule has 0 unspecified atom stereocenters. The van der Waals surface area contributed by atoms with Crippen molar-refractivity contribution in [2.45, 2.75) is 6.54 Å². The third kappa shape index (κ3) is 2.94. The Balaban J connectivity index is 2.08. The number of para-hydroxylation sites is 1. The molecule has 0 fully saturated rings. The van der Waals surface area contributed by atoms with E-state index in [4.69, 9.17) is 5.73 Å². The molecule has 2 aromatic carbocycles. The van der Waals surface area contributed by atoms with Gasteiger partial charge in [-0.1, -0.05) is 18.2 Å². The summed E-state index contributed by atoms with van der Waals surface area (Å²) in [5.41, 5.74) is 10.0. The normalized spacial score (nSPS) is 10.1. The van der Waals surface area contributed by atoms with E-state index < -0.39 is 0 Å². The molecule has 0 bridgehead atoms. The summed E-state index contributed by atoms with van der Waals surface area (Å²) >= 11 is 0. The van der Waals surface area contributed by atoms with Crippen LogP contribution in [0.25, 0.3) is 0 Å². The number of anilines is 3. The van der Waals surface area contributed by atoms with Crippen LogP contribution in [0.1, 0.15) is 5.56 Å². The maximum atomic E-state index is 5.66. The van der Waals surface area contributed by atoms with Crippen LogP contribution in [0, 0.1) is 0 Å². The first-order valence-corrected chi connectivity index (χ1v) is 6.01. The zero-order chi connectivity index (χ0) is 13.0. The van der Waals surface area contributed by atoms with Crippen LogP contribution in [-0.2, 0) is 6.54 Å². The van der Waals surface area contributed by atoms with Gasteiger partial charge in [0, 0.05) is 37.7 Å². The molecular weight excluding hydrogens is 222 g/mol. The van der Waals surface area contributed by atoms with Gasteiger partial charge >= 0.3 is 0 Å². The predicted octanol–water partition coefficient (Wildman–Crippen LogP) is 2.95. The van der Waals surface area contributed by atoms with E-state index in [1.807, 2.05) is 24.3 Å². The van der Waals surface area contributed by atoms with Crippen LogP contribution in [0.3, 0.4) is 0 Å². The molecule has 0 saturated heterocycles. The average Bonchev–Trinajstić information content (AvgIpc) is 2.38. The van der Waals surface area contributed by atoms with Crippen LogP contribution >= 0.6 is 0 Å². The van der Waals surface area contributed by atoms with Gasteiger partial charge in [-0.25, -0.2) is 0 Å². The molecule has 0 aliphatic carbocycles. The van der Waals surface area contributed by atoms with E-state index in [1.165, 1.54) is 11.3 Å². The third-order valence-corrected chi connectivity index (χ3v) is 2.87. The molecule has 0 saturated carbocycles. The van der Waals surface area contributed by atoms with Gasteiger partial charge in [0.2, 0.25) is 0 Å². The lowest BCUT2D eigenvalue weighted by Crippen LogP contribution is -2.12. The summed E-state index contributed by atoms with van der Waals surface area (Å²) in [6.45, 7) is 0.804. The fourth-order valence-electron chi connectivity index (χ4n) is 1.89. The Labute approximate surface area is 108 Å². The molecule has 0 atom stereocenters. The minimum Gasteiger partial charge on any atom is -0.399 e. The van der Waals surface area contributed by atoms with Crippen LogP contribution in [0.2, 0.25) is 0 Å². The molecule has 94 valence electrons. The van der Waals surface area contributed by atoms with E-state index in [0.717, 1.165) is 17.9 Å². The van der Waals surface area contributed by atoms with Crippen LogP contribution in [0.4, 0.5) is 17.1 Å². The Kier molecular flexibility index (Phi) is 3.72. The summed E-state index contributed by atoms with van der Waals surface area (Å²) in [5.74, 6) is 0. The van der Waals surface area contributed by atoms with Crippen molar-refractivity contribution >= 4 is 17.1 Å². The number of hydrogen-bond acceptors (Lipinski definition) is 3. The van der Waals surface area contributed by atoms with Crippen LogP contribution in [0.5, 0.6) is 0 Å². The summed E-state index contributed by atoms with van der Waals surface area (Å²) in [4.78, 5) is 2.12. The smallest absolute Gasteiger partial charge is 0.0421 e. The minimum absolute atomic E-state index is 0.786. The molecule has 0 radical (unpaired) electrons. The first kappa shape index (κ1) is 12.3. The molecule has 0 aliphatic rings. The molecule has 0 aliphatic heterocycles. The van der Waals surface area contributed by atoms with Gasteiger partial charge in [0.05, 0.1) is 0 Å². The lowest BCUT2D eigenvalue weighted by atomic mass is 10.1. The number of rotatable bonds is 4. The van der Waals surface area contributed by atoms with E-state index >= 15 is 0 Å². The molecule has 2 aromatic rings. The van der Waals surface area contributed by atoms with Crippen molar-refractivity contribution in [1.82, 2.24) is 0 Å². The fourth-order valence-corrected chi connectivity index (χ4v) is 1.89. The highest BCUT2D eigenvalue weighted by Gasteiger charge is 2.02. The largest absolute Gasteiger partial charge is 0.399 e. The highest BCUT2D eigenvalue weighted by molar-refractivity contribution is 5.56. The first-order chi connectivity index (χ1) is 8.66. The molecule has 0 aromatic heterocycles. The van der Waals surface area contributed by atoms with Crippen molar-refractivity contribution < 1.29 is 0 Å². The molecule has 0 amide bonds. The van der Waals surface area contributed by atoms with Crippen molar-refractivity contribution in [3.63, 3.8) is 0 Å². The van der Waals surface area contributed by atoms with Crippen LogP contribution in [0.15, 0.2) is 48.5 Å². The molecule has 3 heteroatoms. The lowest BCUT2D eigenvalue weighted by molar-refractivity contribution is 1.07. The number of nitrogen functional groups attached to an aromatic ring is 1. The Morgan fingerprint density at radius 1 is 1.00 bits per heavy atom. The number of hydrogen-bond donors (Lipinski definition) is 2. The Morgan fingerprint density at radius 2 is 1.67 bits per heavy atom. The highest BCUT2D eigenvalue weighted by atomic mass is 15.1. The third-order valence-electron chi connectivity index (χ3n) is 2.87. The van der Waals surface area contributed by atoms with Crippen molar-refractivity contribution in [3.05, 3.63) is 54.1 Å². The second-order valence-corrected chi connectivity index (χ2v) is 4.50. The van der Waals surface area contributed by atoms with Crippen molar-refractivity contribution in [2.75, 3.05) is 30.0 Å². The lowest BCUT2D eigenvalue weighted by Gasteiger charge is -2.18. The predicted molar refractivity (Wildman–Crippen MR) is 79.0 cm³/mol. The van der Waals surface area contributed by atoms with E-state index in [9.17, 15) is 0 Å². The fraction of sp³-hybridized carbons (Fsp3) is 0.200. The maximum Gasteiger partial charge on any atom is 0.0421 e. The van der Waals surface area contributed by atoms with Gasteiger partial charge in [-0.05, 0) is 35.9 Å². The quantitative estimate of drug-likeness (QED) is 0.809. The molecule has 3 N–H and O–H groups in total. The summed E-state index contributed by atoms with van der Waals surface area (Å²) < 4.78 is 0. The second kappa shape index (κ2) is 5.45. The topological polar surface area (TPSA) is 41.3 Å². The number of benzene rings is 2. The van der Waals surface area contributed by atoms with Crippen molar-refractivity contribution in [2.24, 2.45) is 0 Å². The van der Waals surface area contributed by atoms with E-state index in [1.54, 1.807) is 0 Å².